The first-order chi connectivity index (χ1) is 12.7. The Morgan fingerprint density at radius 2 is 1.81 bits per heavy atom. The molecule has 1 saturated heterocycles. The van der Waals surface area contributed by atoms with Crippen molar-refractivity contribution in [2.24, 2.45) is 4.99 Å². The third-order valence-electron chi connectivity index (χ3n) is 4.39. The van der Waals surface area contributed by atoms with Crippen LogP contribution in [0, 0.1) is 0 Å². The van der Waals surface area contributed by atoms with Gasteiger partial charge in [0.05, 0.1) is 6.61 Å². The number of piperazine rings is 1. The number of nitrogens with zero attached hydrogens (tertiary/aromatic N) is 3. The number of hydrogen-bond donors (Lipinski definition) is 2. The fraction of sp³-hybridized carbons (Fsp3) is 0.579. The standard InChI is InChI=1S/C19H31N5O2/c1-17(25)24-14-12-23(13-15-24)11-10-22-19(20-2)21-9-6-16-26-18-7-4-3-5-8-18/h3-5,7-8H,6,9-16H2,1-2H3,(H2,20,21,22). The van der Waals surface area contributed by atoms with Gasteiger partial charge in [-0.15, -0.1) is 0 Å². The summed E-state index contributed by atoms with van der Waals surface area (Å²) in [6, 6.07) is 9.85. The highest BCUT2D eigenvalue weighted by molar-refractivity contribution is 5.79. The molecule has 0 saturated carbocycles. The van der Waals surface area contributed by atoms with Crippen LogP contribution in [0.25, 0.3) is 0 Å². The minimum atomic E-state index is 0.170. The van der Waals surface area contributed by atoms with E-state index in [2.05, 4.69) is 20.5 Å². The van der Waals surface area contributed by atoms with Crippen molar-refractivity contribution in [3.05, 3.63) is 30.3 Å². The highest BCUT2D eigenvalue weighted by Gasteiger charge is 2.17. The first kappa shape index (κ1) is 20.0. The van der Waals surface area contributed by atoms with E-state index in [0.29, 0.717) is 6.61 Å². The molecule has 144 valence electrons. The molecule has 7 heteroatoms. The number of benzene rings is 1. The van der Waals surface area contributed by atoms with E-state index >= 15 is 0 Å². The van der Waals surface area contributed by atoms with Crippen LogP contribution in [0.15, 0.2) is 35.3 Å². The Bertz CT molecular complexity index is 556. The van der Waals surface area contributed by atoms with Crippen molar-refractivity contribution in [2.75, 3.05) is 59.5 Å². The molecule has 1 fully saturated rings. The number of hydrogen-bond acceptors (Lipinski definition) is 4. The Balaban J connectivity index is 1.52. The largest absolute Gasteiger partial charge is 0.494 e. The summed E-state index contributed by atoms with van der Waals surface area (Å²) in [7, 11) is 1.78. The average molecular weight is 361 g/mol. The van der Waals surface area contributed by atoms with Crippen LogP contribution in [0.3, 0.4) is 0 Å². The van der Waals surface area contributed by atoms with Crippen LogP contribution in [0.5, 0.6) is 5.75 Å². The first-order valence-corrected chi connectivity index (χ1v) is 9.29. The molecule has 0 spiro atoms. The number of ether oxygens (including phenoxy) is 1. The number of rotatable bonds is 8. The molecule has 0 aliphatic carbocycles. The maximum atomic E-state index is 11.3. The molecule has 0 unspecified atom stereocenters. The summed E-state index contributed by atoms with van der Waals surface area (Å²) in [5, 5.41) is 6.64. The monoisotopic (exact) mass is 361 g/mol. The lowest BCUT2D eigenvalue weighted by Gasteiger charge is -2.34. The molecule has 0 atom stereocenters. The molecule has 0 bridgehead atoms. The van der Waals surface area contributed by atoms with Gasteiger partial charge in [0.15, 0.2) is 5.96 Å². The Morgan fingerprint density at radius 3 is 2.46 bits per heavy atom. The Hall–Kier alpha value is -2.28. The van der Waals surface area contributed by atoms with Crippen molar-refractivity contribution in [2.45, 2.75) is 13.3 Å². The van der Waals surface area contributed by atoms with E-state index in [0.717, 1.165) is 63.9 Å². The summed E-state index contributed by atoms with van der Waals surface area (Å²) >= 11 is 0. The molecule has 1 heterocycles. The number of aliphatic imine (C=N–C) groups is 1. The highest BCUT2D eigenvalue weighted by Crippen LogP contribution is 2.08. The smallest absolute Gasteiger partial charge is 0.219 e. The molecule has 1 amide bonds. The second-order valence-corrected chi connectivity index (χ2v) is 6.29. The molecule has 26 heavy (non-hydrogen) atoms. The zero-order valence-electron chi connectivity index (χ0n) is 15.9. The zero-order chi connectivity index (χ0) is 18.6. The van der Waals surface area contributed by atoms with Crippen molar-refractivity contribution in [1.29, 1.82) is 0 Å². The zero-order valence-corrected chi connectivity index (χ0v) is 15.9. The number of carbonyl (C=O) groups excluding carboxylic acids is 1. The van der Waals surface area contributed by atoms with Gasteiger partial charge in [0.2, 0.25) is 5.91 Å². The second kappa shape index (κ2) is 11.4. The van der Waals surface area contributed by atoms with Gasteiger partial charge in [0, 0.05) is 59.8 Å². The Morgan fingerprint density at radius 1 is 1.12 bits per heavy atom. The van der Waals surface area contributed by atoms with Gasteiger partial charge < -0.3 is 20.3 Å². The maximum Gasteiger partial charge on any atom is 0.219 e. The maximum absolute atomic E-state index is 11.3. The molecule has 2 rings (SSSR count). The minimum Gasteiger partial charge on any atom is -0.494 e. The third-order valence-corrected chi connectivity index (χ3v) is 4.39. The van der Waals surface area contributed by atoms with Crippen molar-refractivity contribution in [3.63, 3.8) is 0 Å². The molecule has 1 aromatic carbocycles. The molecule has 2 N–H and O–H groups in total. The van der Waals surface area contributed by atoms with Gasteiger partial charge in [0.1, 0.15) is 5.75 Å². The van der Waals surface area contributed by atoms with E-state index < -0.39 is 0 Å². The molecular formula is C19H31N5O2. The van der Waals surface area contributed by atoms with Crippen LogP contribution in [-0.2, 0) is 4.79 Å². The first-order valence-electron chi connectivity index (χ1n) is 9.29. The van der Waals surface area contributed by atoms with Gasteiger partial charge in [-0.3, -0.25) is 14.7 Å². The highest BCUT2D eigenvalue weighted by atomic mass is 16.5. The molecule has 1 aliphatic rings. The molecule has 0 radical (unpaired) electrons. The van der Waals surface area contributed by atoms with Gasteiger partial charge in [-0.1, -0.05) is 18.2 Å². The second-order valence-electron chi connectivity index (χ2n) is 6.29. The quantitative estimate of drug-likeness (QED) is 0.407. The van der Waals surface area contributed by atoms with Gasteiger partial charge in [-0.2, -0.15) is 0 Å². The van der Waals surface area contributed by atoms with Crippen LogP contribution in [0.4, 0.5) is 0 Å². The predicted octanol–water partition coefficient (Wildman–Crippen LogP) is 0.785. The van der Waals surface area contributed by atoms with E-state index in [1.165, 1.54) is 0 Å². The van der Waals surface area contributed by atoms with Crippen LogP contribution in [-0.4, -0.2) is 81.1 Å². The van der Waals surface area contributed by atoms with E-state index in [9.17, 15) is 4.79 Å². The molecule has 0 aromatic heterocycles. The lowest BCUT2D eigenvalue weighted by molar-refractivity contribution is -0.130. The lowest BCUT2D eigenvalue weighted by atomic mass is 10.3. The number of amides is 1. The van der Waals surface area contributed by atoms with Crippen LogP contribution >= 0.6 is 0 Å². The number of nitrogens with one attached hydrogen (secondary N) is 2. The third kappa shape index (κ3) is 7.31. The van der Waals surface area contributed by atoms with E-state index in [1.54, 1.807) is 14.0 Å². The van der Waals surface area contributed by atoms with Crippen LogP contribution < -0.4 is 15.4 Å². The summed E-state index contributed by atoms with van der Waals surface area (Å²) in [4.78, 5) is 19.9. The van der Waals surface area contributed by atoms with Crippen LogP contribution in [0.1, 0.15) is 13.3 Å². The Kier molecular flexibility index (Phi) is 8.75. The van der Waals surface area contributed by atoms with Crippen molar-refractivity contribution in [3.8, 4) is 5.75 Å². The predicted molar refractivity (Wildman–Crippen MR) is 105 cm³/mol. The molecular weight excluding hydrogens is 330 g/mol. The van der Waals surface area contributed by atoms with E-state index in [-0.39, 0.29) is 5.91 Å². The summed E-state index contributed by atoms with van der Waals surface area (Å²) in [5.41, 5.74) is 0. The fourth-order valence-corrected chi connectivity index (χ4v) is 2.83. The summed E-state index contributed by atoms with van der Waals surface area (Å²) in [5.74, 6) is 1.88. The van der Waals surface area contributed by atoms with Gasteiger partial charge in [-0.05, 0) is 18.6 Å². The fourth-order valence-electron chi connectivity index (χ4n) is 2.83. The lowest BCUT2D eigenvalue weighted by Crippen LogP contribution is -2.50. The van der Waals surface area contributed by atoms with Crippen molar-refractivity contribution >= 4 is 11.9 Å². The van der Waals surface area contributed by atoms with E-state index in [1.807, 2.05) is 35.2 Å². The summed E-state index contributed by atoms with van der Waals surface area (Å²) < 4.78 is 5.67. The average Bonchev–Trinajstić information content (AvgIpc) is 2.67. The van der Waals surface area contributed by atoms with Gasteiger partial charge in [0.25, 0.3) is 0 Å². The van der Waals surface area contributed by atoms with Crippen molar-refractivity contribution < 1.29 is 9.53 Å². The minimum absolute atomic E-state index is 0.170. The van der Waals surface area contributed by atoms with Crippen molar-refractivity contribution in [1.82, 2.24) is 20.4 Å². The molecule has 7 nitrogen and oxygen atoms in total. The Labute approximate surface area is 156 Å². The van der Waals surface area contributed by atoms with Gasteiger partial charge in [-0.25, -0.2) is 0 Å². The number of para-hydroxylation sites is 1. The molecule has 1 aliphatic heterocycles. The topological polar surface area (TPSA) is 69.2 Å². The van der Waals surface area contributed by atoms with E-state index in [4.69, 9.17) is 4.74 Å². The summed E-state index contributed by atoms with van der Waals surface area (Å²) in [6.45, 7) is 8.42. The number of carbonyl (C=O) groups is 1. The molecule has 1 aromatic rings. The number of guanidine groups is 1. The summed E-state index contributed by atoms with van der Waals surface area (Å²) in [6.07, 6.45) is 0.905. The SMILES string of the molecule is CN=C(NCCCOc1ccccc1)NCCN1CCN(C(C)=O)CC1. The normalized spacial score (nSPS) is 15.6. The van der Waals surface area contributed by atoms with Gasteiger partial charge >= 0.3 is 0 Å². The van der Waals surface area contributed by atoms with Crippen LogP contribution in [0.2, 0.25) is 0 Å².